The molecule has 2 aliphatic rings. The van der Waals surface area contributed by atoms with E-state index in [2.05, 4.69) is 16.2 Å². The van der Waals surface area contributed by atoms with E-state index in [0.29, 0.717) is 55.3 Å². The molecule has 0 aromatic carbocycles. The summed E-state index contributed by atoms with van der Waals surface area (Å²) in [6.45, 7) is 4.02. The highest BCUT2D eigenvalue weighted by Gasteiger charge is 2.33. The summed E-state index contributed by atoms with van der Waals surface area (Å²) in [5.41, 5.74) is 1.02. The van der Waals surface area contributed by atoms with E-state index in [9.17, 15) is 10.1 Å². The zero-order valence-corrected chi connectivity index (χ0v) is 13.4. The number of nitriles is 1. The maximum atomic E-state index is 12.4. The molecule has 2 fully saturated rings. The number of amides is 1. The fourth-order valence-electron chi connectivity index (χ4n) is 2.85. The second kappa shape index (κ2) is 5.67. The van der Waals surface area contributed by atoms with Crippen molar-refractivity contribution >= 4 is 11.8 Å². The van der Waals surface area contributed by atoms with Gasteiger partial charge in [0.2, 0.25) is 23.2 Å². The third-order valence-electron chi connectivity index (χ3n) is 4.35. The van der Waals surface area contributed by atoms with Crippen LogP contribution in [0.15, 0.2) is 15.0 Å². The molecule has 1 saturated heterocycles. The summed E-state index contributed by atoms with van der Waals surface area (Å²) in [5.74, 6) is 1.66. The van der Waals surface area contributed by atoms with E-state index < -0.39 is 0 Å². The number of aromatic nitrogens is 2. The van der Waals surface area contributed by atoms with Crippen molar-refractivity contribution < 1.29 is 13.7 Å². The van der Waals surface area contributed by atoms with Crippen LogP contribution in [0.1, 0.15) is 46.6 Å². The number of oxazole rings is 1. The molecule has 0 N–H and O–H groups in total. The largest absolute Gasteiger partial charge is 0.423 e. The van der Waals surface area contributed by atoms with E-state index in [-0.39, 0.29) is 11.7 Å². The summed E-state index contributed by atoms with van der Waals surface area (Å²) < 4.78 is 10.9. The molecular formula is C16H17N5O3. The second-order valence-electron chi connectivity index (χ2n) is 6.20. The number of aryl methyl sites for hydroxylation is 1. The monoisotopic (exact) mass is 327 g/mol. The molecule has 2 aromatic heterocycles. The molecule has 0 atom stereocenters. The van der Waals surface area contributed by atoms with Crippen LogP contribution in [0.5, 0.6) is 0 Å². The first kappa shape index (κ1) is 14.8. The Morgan fingerprint density at radius 3 is 2.67 bits per heavy atom. The summed E-state index contributed by atoms with van der Waals surface area (Å²) in [6.07, 6.45) is 2.15. The number of carbonyl (C=O) groups is 1. The first-order valence-electron chi connectivity index (χ1n) is 8.04. The van der Waals surface area contributed by atoms with Crippen molar-refractivity contribution in [3.8, 4) is 6.07 Å². The highest BCUT2D eigenvalue weighted by Crippen LogP contribution is 2.41. The van der Waals surface area contributed by atoms with Gasteiger partial charge in [-0.25, -0.2) is 4.98 Å². The Labute approximate surface area is 138 Å². The number of rotatable bonds is 3. The van der Waals surface area contributed by atoms with Gasteiger partial charge in [-0.15, -0.1) is 0 Å². The SMILES string of the molecule is Cc1cc(C(=O)N2CCN(c3oc(C4CC4)nc3C#N)CC2)on1. The molecule has 8 nitrogen and oxygen atoms in total. The van der Waals surface area contributed by atoms with Crippen LogP contribution < -0.4 is 4.90 Å². The number of hydrogen-bond acceptors (Lipinski definition) is 7. The smallest absolute Gasteiger partial charge is 0.292 e. The second-order valence-corrected chi connectivity index (χ2v) is 6.20. The Morgan fingerprint density at radius 1 is 1.33 bits per heavy atom. The lowest BCUT2D eigenvalue weighted by atomic mass is 10.2. The minimum absolute atomic E-state index is 0.160. The Balaban J connectivity index is 1.44. The van der Waals surface area contributed by atoms with E-state index >= 15 is 0 Å². The predicted octanol–water partition coefficient (Wildman–Crippen LogP) is 1.68. The summed E-state index contributed by atoms with van der Waals surface area (Å²) in [7, 11) is 0. The lowest BCUT2D eigenvalue weighted by Gasteiger charge is -2.33. The first-order chi connectivity index (χ1) is 11.7. The number of carbonyl (C=O) groups excluding carboxylic acids is 1. The highest BCUT2D eigenvalue weighted by molar-refractivity contribution is 5.91. The van der Waals surface area contributed by atoms with Crippen molar-refractivity contribution in [3.05, 3.63) is 29.1 Å². The Bertz CT molecular complexity index is 806. The van der Waals surface area contributed by atoms with Crippen LogP contribution >= 0.6 is 0 Å². The quantitative estimate of drug-likeness (QED) is 0.845. The Morgan fingerprint density at radius 2 is 2.08 bits per heavy atom. The van der Waals surface area contributed by atoms with Crippen LogP contribution in [0.2, 0.25) is 0 Å². The average Bonchev–Trinajstić information content (AvgIpc) is 3.22. The molecule has 2 aromatic rings. The van der Waals surface area contributed by atoms with Gasteiger partial charge in [-0.1, -0.05) is 5.16 Å². The molecule has 0 unspecified atom stereocenters. The van der Waals surface area contributed by atoms with Gasteiger partial charge in [0.25, 0.3) is 5.91 Å². The van der Waals surface area contributed by atoms with Gasteiger partial charge in [0.15, 0.2) is 0 Å². The molecule has 1 amide bonds. The van der Waals surface area contributed by atoms with Crippen molar-refractivity contribution in [2.24, 2.45) is 0 Å². The minimum Gasteiger partial charge on any atom is -0.423 e. The van der Waals surface area contributed by atoms with Gasteiger partial charge in [0.1, 0.15) is 6.07 Å². The molecule has 1 saturated carbocycles. The number of anilines is 1. The maximum Gasteiger partial charge on any atom is 0.292 e. The number of piperazine rings is 1. The zero-order chi connectivity index (χ0) is 16.7. The third kappa shape index (κ3) is 2.62. The van der Waals surface area contributed by atoms with Crippen LogP contribution in [0.3, 0.4) is 0 Å². The molecule has 0 spiro atoms. The van der Waals surface area contributed by atoms with Crippen LogP contribution in [0.4, 0.5) is 5.88 Å². The first-order valence-corrected chi connectivity index (χ1v) is 8.04. The van der Waals surface area contributed by atoms with E-state index in [1.54, 1.807) is 17.9 Å². The number of hydrogen-bond donors (Lipinski definition) is 0. The normalized spacial score (nSPS) is 17.8. The van der Waals surface area contributed by atoms with Gasteiger partial charge >= 0.3 is 0 Å². The molecule has 8 heteroatoms. The lowest BCUT2D eigenvalue weighted by Crippen LogP contribution is -2.48. The van der Waals surface area contributed by atoms with Crippen LogP contribution in [0.25, 0.3) is 0 Å². The van der Waals surface area contributed by atoms with Gasteiger partial charge in [-0.3, -0.25) is 4.79 Å². The topological polar surface area (TPSA) is 99.4 Å². The molecular weight excluding hydrogens is 310 g/mol. The van der Waals surface area contributed by atoms with Gasteiger partial charge < -0.3 is 18.7 Å². The fraction of sp³-hybridized carbons (Fsp3) is 0.500. The van der Waals surface area contributed by atoms with Crippen LogP contribution in [-0.4, -0.2) is 47.1 Å². The predicted molar refractivity (Wildman–Crippen MR) is 82.5 cm³/mol. The number of nitrogens with zero attached hydrogens (tertiary/aromatic N) is 5. The third-order valence-corrected chi connectivity index (χ3v) is 4.35. The van der Waals surface area contributed by atoms with Crippen LogP contribution in [-0.2, 0) is 0 Å². The maximum absolute atomic E-state index is 12.4. The zero-order valence-electron chi connectivity index (χ0n) is 13.4. The summed E-state index contributed by atoms with van der Waals surface area (Å²) >= 11 is 0. The van der Waals surface area contributed by atoms with Crippen molar-refractivity contribution in [2.75, 3.05) is 31.1 Å². The van der Waals surface area contributed by atoms with Gasteiger partial charge in [-0.2, -0.15) is 5.26 Å². The van der Waals surface area contributed by atoms with Crippen molar-refractivity contribution in [2.45, 2.75) is 25.7 Å². The molecule has 0 bridgehead atoms. The fourth-order valence-corrected chi connectivity index (χ4v) is 2.85. The molecule has 4 rings (SSSR count). The van der Waals surface area contributed by atoms with Crippen molar-refractivity contribution in [1.29, 1.82) is 5.26 Å². The van der Waals surface area contributed by atoms with Crippen molar-refractivity contribution in [3.63, 3.8) is 0 Å². The average molecular weight is 327 g/mol. The van der Waals surface area contributed by atoms with Crippen molar-refractivity contribution in [1.82, 2.24) is 15.0 Å². The molecule has 0 radical (unpaired) electrons. The van der Waals surface area contributed by atoms with E-state index in [0.717, 1.165) is 12.8 Å². The molecule has 3 heterocycles. The van der Waals surface area contributed by atoms with Crippen LogP contribution in [0, 0.1) is 18.3 Å². The summed E-state index contributed by atoms with van der Waals surface area (Å²) in [6, 6.07) is 3.75. The van der Waals surface area contributed by atoms with Gasteiger partial charge in [-0.05, 0) is 19.8 Å². The standard InChI is InChI=1S/C16H17N5O3/c1-10-8-13(24-19-10)15(22)20-4-6-21(7-5-20)16-12(9-17)18-14(23-16)11-2-3-11/h8,11H,2-7H2,1H3. The summed E-state index contributed by atoms with van der Waals surface area (Å²) in [5, 5.41) is 13.0. The highest BCUT2D eigenvalue weighted by atomic mass is 16.5. The molecule has 124 valence electrons. The lowest BCUT2D eigenvalue weighted by molar-refractivity contribution is 0.0703. The molecule has 24 heavy (non-hydrogen) atoms. The minimum atomic E-state index is -0.160. The Hall–Kier alpha value is -2.82. The molecule has 1 aliphatic carbocycles. The van der Waals surface area contributed by atoms with E-state index in [1.165, 1.54) is 0 Å². The van der Waals surface area contributed by atoms with Gasteiger partial charge in [0.05, 0.1) is 5.69 Å². The van der Waals surface area contributed by atoms with E-state index in [4.69, 9.17) is 8.94 Å². The van der Waals surface area contributed by atoms with E-state index in [1.807, 2.05) is 4.90 Å². The Kier molecular flexibility index (Phi) is 3.49. The molecule has 1 aliphatic heterocycles. The summed E-state index contributed by atoms with van der Waals surface area (Å²) in [4.78, 5) is 20.4. The van der Waals surface area contributed by atoms with Gasteiger partial charge in [0, 0.05) is 38.2 Å².